The molecule has 0 radical (unpaired) electrons. The van der Waals surface area contributed by atoms with E-state index in [9.17, 15) is 14.0 Å². The highest BCUT2D eigenvalue weighted by Crippen LogP contribution is 1.90. The number of nitrogens with two attached hydrogens (primary N) is 1. The first-order valence-electron chi connectivity index (χ1n) is 2.64. The Morgan fingerprint density at radius 3 is 2.40 bits per heavy atom. The number of Topliss-reactive ketones (excluding diaryl/α,β-unsaturated/α-hetero) is 1. The largest absolute Gasteiger partial charge is 0.480 e. The number of aliphatic carboxylic acids is 1. The van der Waals surface area contributed by atoms with E-state index in [2.05, 4.69) is 0 Å². The second-order valence-electron chi connectivity index (χ2n) is 1.82. The van der Waals surface area contributed by atoms with E-state index in [0.29, 0.717) is 0 Å². The lowest BCUT2D eigenvalue weighted by atomic mass is 10.2. The summed E-state index contributed by atoms with van der Waals surface area (Å²) in [6.07, 6.45) is -0.439. The van der Waals surface area contributed by atoms with Crippen LogP contribution in [0.15, 0.2) is 0 Å². The number of hydrogen-bond acceptors (Lipinski definition) is 3. The van der Waals surface area contributed by atoms with Crippen LogP contribution in [0.5, 0.6) is 0 Å². The van der Waals surface area contributed by atoms with Gasteiger partial charge in [-0.3, -0.25) is 9.59 Å². The Balaban J connectivity index is 3.68. The van der Waals surface area contributed by atoms with E-state index >= 15 is 0 Å². The number of ketones is 1. The zero-order valence-corrected chi connectivity index (χ0v) is 5.21. The van der Waals surface area contributed by atoms with Crippen LogP contribution in [0.25, 0.3) is 0 Å². The van der Waals surface area contributed by atoms with Gasteiger partial charge in [-0.15, -0.1) is 0 Å². The standard InChI is InChI=1S/C5H8FNO3/c6-2-3(8)1-4(7)5(9)10/h4H,1-2,7H2,(H,9,10). The molecule has 0 aromatic rings. The Hall–Kier alpha value is -0.970. The maximum atomic E-state index is 11.4. The maximum Gasteiger partial charge on any atom is 0.320 e. The highest BCUT2D eigenvalue weighted by atomic mass is 19.1. The number of halogens is 1. The van der Waals surface area contributed by atoms with Crippen molar-refractivity contribution in [2.24, 2.45) is 5.73 Å². The topological polar surface area (TPSA) is 80.4 Å². The minimum atomic E-state index is -1.29. The quantitative estimate of drug-likeness (QED) is 0.555. The average molecular weight is 149 g/mol. The second kappa shape index (κ2) is 3.94. The Morgan fingerprint density at radius 1 is 1.60 bits per heavy atom. The van der Waals surface area contributed by atoms with Crippen molar-refractivity contribution in [3.63, 3.8) is 0 Å². The van der Waals surface area contributed by atoms with Crippen molar-refractivity contribution >= 4 is 11.8 Å². The molecule has 3 N–H and O–H groups in total. The summed E-state index contributed by atoms with van der Waals surface area (Å²) in [4.78, 5) is 20.2. The van der Waals surface area contributed by atoms with Crippen molar-refractivity contribution in [3.05, 3.63) is 0 Å². The number of hydrogen-bond donors (Lipinski definition) is 2. The molecule has 0 spiro atoms. The van der Waals surface area contributed by atoms with Crippen LogP contribution >= 0.6 is 0 Å². The number of rotatable bonds is 4. The molecule has 1 atom stereocenters. The number of carboxylic acids is 1. The van der Waals surface area contributed by atoms with Gasteiger partial charge in [0.05, 0.1) is 0 Å². The Bertz CT molecular complexity index is 148. The summed E-state index contributed by atoms with van der Waals surface area (Å²) in [5.74, 6) is -2.07. The van der Waals surface area contributed by atoms with Gasteiger partial charge in [-0.1, -0.05) is 0 Å². The van der Waals surface area contributed by atoms with Gasteiger partial charge in [0.2, 0.25) is 0 Å². The SMILES string of the molecule is NC(CC(=O)CF)C(=O)O. The van der Waals surface area contributed by atoms with Crippen molar-refractivity contribution < 1.29 is 19.1 Å². The molecule has 0 aliphatic carbocycles. The smallest absolute Gasteiger partial charge is 0.320 e. The van der Waals surface area contributed by atoms with Crippen LogP contribution in [-0.4, -0.2) is 29.6 Å². The van der Waals surface area contributed by atoms with Gasteiger partial charge in [0.1, 0.15) is 12.7 Å². The number of carbonyl (C=O) groups is 2. The second-order valence-corrected chi connectivity index (χ2v) is 1.82. The molecule has 0 aromatic heterocycles. The molecule has 4 nitrogen and oxygen atoms in total. The van der Waals surface area contributed by atoms with Gasteiger partial charge in [-0.2, -0.15) is 0 Å². The van der Waals surface area contributed by atoms with E-state index in [0.717, 1.165) is 0 Å². The van der Waals surface area contributed by atoms with E-state index in [4.69, 9.17) is 10.8 Å². The molecule has 0 aliphatic heterocycles. The third-order valence-electron chi connectivity index (χ3n) is 0.914. The molecule has 5 heteroatoms. The van der Waals surface area contributed by atoms with E-state index in [1.807, 2.05) is 0 Å². The van der Waals surface area contributed by atoms with Crippen molar-refractivity contribution in [1.82, 2.24) is 0 Å². The van der Waals surface area contributed by atoms with Crippen molar-refractivity contribution in [2.45, 2.75) is 12.5 Å². The van der Waals surface area contributed by atoms with Gasteiger partial charge in [-0.25, -0.2) is 4.39 Å². The van der Waals surface area contributed by atoms with Crippen molar-refractivity contribution in [2.75, 3.05) is 6.67 Å². The fourth-order valence-corrected chi connectivity index (χ4v) is 0.387. The van der Waals surface area contributed by atoms with Crippen LogP contribution in [-0.2, 0) is 9.59 Å². The molecule has 0 amide bonds. The average Bonchev–Trinajstić information content (AvgIpc) is 1.87. The minimum absolute atomic E-state index is 0.439. The lowest BCUT2D eigenvalue weighted by molar-refractivity contribution is -0.140. The number of carbonyl (C=O) groups excluding carboxylic acids is 1. The monoisotopic (exact) mass is 149 g/mol. The molecule has 0 aliphatic rings. The molecule has 0 aromatic carbocycles. The van der Waals surface area contributed by atoms with E-state index in [1.54, 1.807) is 0 Å². The first kappa shape index (κ1) is 9.03. The highest BCUT2D eigenvalue weighted by molar-refractivity contribution is 5.86. The first-order chi connectivity index (χ1) is 4.57. The molecule has 0 saturated carbocycles. The van der Waals surface area contributed by atoms with Crippen LogP contribution in [0.3, 0.4) is 0 Å². The normalized spacial score (nSPS) is 12.6. The molecule has 0 rings (SSSR count). The molecule has 0 heterocycles. The molecular weight excluding hydrogens is 141 g/mol. The van der Waals surface area contributed by atoms with Crippen LogP contribution in [0.1, 0.15) is 6.42 Å². The van der Waals surface area contributed by atoms with E-state index in [1.165, 1.54) is 0 Å². The van der Waals surface area contributed by atoms with Gasteiger partial charge < -0.3 is 10.8 Å². The van der Waals surface area contributed by atoms with Crippen LogP contribution in [0, 0.1) is 0 Å². The third kappa shape index (κ3) is 3.13. The molecule has 58 valence electrons. The van der Waals surface area contributed by atoms with Gasteiger partial charge in [-0.05, 0) is 0 Å². The first-order valence-corrected chi connectivity index (χ1v) is 2.64. The summed E-state index contributed by atoms with van der Waals surface area (Å²) >= 11 is 0. The van der Waals surface area contributed by atoms with Gasteiger partial charge in [0.15, 0.2) is 5.78 Å². The zero-order valence-electron chi connectivity index (χ0n) is 5.21. The van der Waals surface area contributed by atoms with Crippen LogP contribution in [0.2, 0.25) is 0 Å². The molecule has 1 unspecified atom stereocenters. The Kier molecular flexibility index (Phi) is 3.56. The predicted octanol–water partition coefficient (Wildman–Crippen LogP) is -0.673. The summed E-state index contributed by atoms with van der Waals surface area (Å²) in [6, 6.07) is -1.27. The lowest BCUT2D eigenvalue weighted by Crippen LogP contribution is -2.32. The predicted molar refractivity (Wildman–Crippen MR) is 31.2 cm³/mol. The fourth-order valence-electron chi connectivity index (χ4n) is 0.387. The summed E-state index contributed by atoms with van der Waals surface area (Å²) in [5, 5.41) is 8.13. The fraction of sp³-hybridized carbons (Fsp3) is 0.600. The maximum absolute atomic E-state index is 11.4. The minimum Gasteiger partial charge on any atom is -0.480 e. The van der Waals surface area contributed by atoms with E-state index in [-0.39, 0.29) is 0 Å². The zero-order chi connectivity index (χ0) is 8.15. The van der Waals surface area contributed by atoms with Gasteiger partial charge in [0.25, 0.3) is 0 Å². The molecule has 0 fully saturated rings. The third-order valence-corrected chi connectivity index (χ3v) is 0.914. The van der Waals surface area contributed by atoms with Crippen molar-refractivity contribution in [1.29, 1.82) is 0 Å². The lowest BCUT2D eigenvalue weighted by Gasteiger charge is -2.01. The van der Waals surface area contributed by atoms with Crippen molar-refractivity contribution in [3.8, 4) is 0 Å². The molecule has 0 saturated heterocycles. The number of alkyl halides is 1. The summed E-state index contributed by atoms with van der Waals surface area (Å²) in [5.41, 5.74) is 4.91. The summed E-state index contributed by atoms with van der Waals surface area (Å²) in [7, 11) is 0. The summed E-state index contributed by atoms with van der Waals surface area (Å²) < 4.78 is 11.4. The van der Waals surface area contributed by atoms with E-state index < -0.39 is 30.9 Å². The van der Waals surface area contributed by atoms with Gasteiger partial charge in [0, 0.05) is 6.42 Å². The van der Waals surface area contributed by atoms with Gasteiger partial charge >= 0.3 is 5.97 Å². The Labute approximate surface area is 56.8 Å². The Morgan fingerprint density at radius 2 is 2.10 bits per heavy atom. The molecule has 10 heavy (non-hydrogen) atoms. The van der Waals surface area contributed by atoms with Crippen LogP contribution in [0.4, 0.5) is 4.39 Å². The molecular formula is C5H8FNO3. The summed E-state index contributed by atoms with van der Waals surface area (Å²) in [6.45, 7) is -1.15. The van der Waals surface area contributed by atoms with Crippen LogP contribution < -0.4 is 5.73 Å². The highest BCUT2D eigenvalue weighted by Gasteiger charge is 2.15. The number of carboxylic acid groups (broad SMARTS) is 1. The molecule has 0 bridgehead atoms.